The van der Waals surface area contributed by atoms with E-state index in [0.29, 0.717) is 13.0 Å². The molecule has 108 valence electrons. The molecule has 0 radical (unpaired) electrons. The first-order valence-corrected chi connectivity index (χ1v) is 5.66. The van der Waals surface area contributed by atoms with Crippen molar-refractivity contribution in [2.75, 3.05) is 26.2 Å². The van der Waals surface area contributed by atoms with Gasteiger partial charge in [0, 0.05) is 6.42 Å². The number of carboxylic acid groups (broad SMARTS) is 1. The molecule has 0 unspecified atom stereocenters. The molecule has 3 amide bonds. The van der Waals surface area contributed by atoms with Gasteiger partial charge in [-0.2, -0.15) is 0 Å². The Labute approximate surface area is 109 Å². The smallest absolute Gasteiger partial charge is 0.303 e. The van der Waals surface area contributed by atoms with Crippen LogP contribution in [0.3, 0.4) is 0 Å². The predicted octanol–water partition coefficient (Wildman–Crippen LogP) is -2.84. The van der Waals surface area contributed by atoms with Crippen LogP contribution in [0.25, 0.3) is 0 Å². The van der Waals surface area contributed by atoms with Crippen molar-refractivity contribution in [1.29, 1.82) is 0 Å². The van der Waals surface area contributed by atoms with Crippen molar-refractivity contribution >= 4 is 23.7 Å². The minimum atomic E-state index is -0.891. The molecule has 0 atom stereocenters. The number of nitrogens with two attached hydrogens (primary N) is 1. The van der Waals surface area contributed by atoms with E-state index in [4.69, 9.17) is 10.8 Å². The SMILES string of the molecule is NC(=O)CNC(=O)CNC(=O)CNCCCC(=O)O. The maximum absolute atomic E-state index is 11.2. The van der Waals surface area contributed by atoms with Crippen LogP contribution in [0, 0.1) is 0 Å². The monoisotopic (exact) mass is 274 g/mol. The van der Waals surface area contributed by atoms with E-state index in [-0.39, 0.29) is 26.1 Å². The normalized spacial score (nSPS) is 9.68. The first-order chi connectivity index (χ1) is 8.91. The van der Waals surface area contributed by atoms with Crippen LogP contribution in [0.4, 0.5) is 0 Å². The molecule has 0 aliphatic rings. The van der Waals surface area contributed by atoms with Gasteiger partial charge in [0.15, 0.2) is 0 Å². The number of hydrogen-bond acceptors (Lipinski definition) is 5. The van der Waals surface area contributed by atoms with Gasteiger partial charge in [0.2, 0.25) is 17.7 Å². The fourth-order valence-corrected chi connectivity index (χ4v) is 1.06. The van der Waals surface area contributed by atoms with Gasteiger partial charge in [0.1, 0.15) is 0 Å². The molecule has 0 rings (SSSR count). The zero-order valence-electron chi connectivity index (χ0n) is 10.4. The predicted molar refractivity (Wildman–Crippen MR) is 65.0 cm³/mol. The van der Waals surface area contributed by atoms with E-state index < -0.39 is 23.7 Å². The summed E-state index contributed by atoms with van der Waals surface area (Å²) < 4.78 is 0. The minimum absolute atomic E-state index is 0.0112. The molecule has 19 heavy (non-hydrogen) atoms. The number of nitrogens with one attached hydrogen (secondary N) is 3. The van der Waals surface area contributed by atoms with Crippen molar-refractivity contribution in [1.82, 2.24) is 16.0 Å². The lowest BCUT2D eigenvalue weighted by molar-refractivity contribution is -0.137. The second kappa shape index (κ2) is 9.83. The van der Waals surface area contributed by atoms with Crippen LogP contribution >= 0.6 is 0 Å². The lowest BCUT2D eigenvalue weighted by atomic mass is 10.3. The second-order valence-electron chi connectivity index (χ2n) is 3.69. The summed E-state index contributed by atoms with van der Waals surface area (Å²) in [5.41, 5.74) is 4.82. The van der Waals surface area contributed by atoms with E-state index >= 15 is 0 Å². The molecular weight excluding hydrogens is 256 g/mol. The van der Waals surface area contributed by atoms with Gasteiger partial charge in [-0.25, -0.2) is 0 Å². The highest BCUT2D eigenvalue weighted by Gasteiger charge is 2.05. The summed E-state index contributed by atoms with van der Waals surface area (Å²) in [6.07, 6.45) is 0.450. The maximum Gasteiger partial charge on any atom is 0.303 e. The fraction of sp³-hybridized carbons (Fsp3) is 0.600. The van der Waals surface area contributed by atoms with Gasteiger partial charge in [-0.1, -0.05) is 0 Å². The summed E-state index contributed by atoms with van der Waals surface area (Å²) in [5, 5.41) is 15.6. The first kappa shape index (κ1) is 16.8. The van der Waals surface area contributed by atoms with Crippen molar-refractivity contribution in [3.8, 4) is 0 Å². The van der Waals surface area contributed by atoms with E-state index in [9.17, 15) is 19.2 Å². The summed E-state index contributed by atoms with van der Waals surface area (Å²) in [5.74, 6) is -2.47. The van der Waals surface area contributed by atoms with E-state index in [1.54, 1.807) is 0 Å². The molecule has 0 aromatic heterocycles. The third kappa shape index (κ3) is 12.1. The van der Waals surface area contributed by atoms with Gasteiger partial charge in [-0.15, -0.1) is 0 Å². The van der Waals surface area contributed by atoms with Crippen molar-refractivity contribution in [2.45, 2.75) is 12.8 Å². The molecule has 0 aliphatic heterocycles. The van der Waals surface area contributed by atoms with Crippen LogP contribution in [0.1, 0.15) is 12.8 Å². The van der Waals surface area contributed by atoms with Crippen molar-refractivity contribution < 1.29 is 24.3 Å². The molecule has 9 heteroatoms. The molecule has 0 bridgehead atoms. The topological polar surface area (TPSA) is 151 Å². The van der Waals surface area contributed by atoms with E-state index in [1.165, 1.54) is 0 Å². The molecule has 0 saturated carbocycles. The van der Waals surface area contributed by atoms with Gasteiger partial charge in [-0.05, 0) is 13.0 Å². The van der Waals surface area contributed by atoms with Gasteiger partial charge in [-0.3, -0.25) is 19.2 Å². The fourth-order valence-electron chi connectivity index (χ4n) is 1.06. The van der Waals surface area contributed by atoms with Crippen LogP contribution in [-0.4, -0.2) is 55.0 Å². The Morgan fingerprint density at radius 2 is 1.53 bits per heavy atom. The Bertz CT molecular complexity index is 345. The number of primary amides is 1. The number of hydrogen-bond donors (Lipinski definition) is 5. The van der Waals surface area contributed by atoms with Crippen molar-refractivity contribution in [3.05, 3.63) is 0 Å². The Hall–Kier alpha value is -2.16. The van der Waals surface area contributed by atoms with Crippen molar-refractivity contribution in [3.63, 3.8) is 0 Å². The Morgan fingerprint density at radius 3 is 2.11 bits per heavy atom. The van der Waals surface area contributed by atoms with Gasteiger partial charge < -0.3 is 26.8 Å². The summed E-state index contributed by atoms with van der Waals surface area (Å²) in [6, 6.07) is 0. The largest absolute Gasteiger partial charge is 0.481 e. The third-order valence-corrected chi connectivity index (χ3v) is 1.94. The molecule has 0 aromatic rings. The molecule has 0 fully saturated rings. The number of carboxylic acids is 1. The summed E-state index contributed by atoms with van der Waals surface area (Å²) in [4.78, 5) is 42.9. The second-order valence-corrected chi connectivity index (χ2v) is 3.69. The van der Waals surface area contributed by atoms with E-state index in [2.05, 4.69) is 16.0 Å². The zero-order chi connectivity index (χ0) is 14.7. The number of amides is 3. The molecule has 6 N–H and O–H groups in total. The lowest BCUT2D eigenvalue weighted by Gasteiger charge is -2.06. The number of aliphatic carboxylic acids is 1. The molecular formula is C10H18N4O5. The minimum Gasteiger partial charge on any atom is -0.481 e. The third-order valence-electron chi connectivity index (χ3n) is 1.94. The van der Waals surface area contributed by atoms with Gasteiger partial charge in [0.05, 0.1) is 19.6 Å². The van der Waals surface area contributed by atoms with E-state index in [0.717, 1.165) is 0 Å². The summed E-state index contributed by atoms with van der Waals surface area (Å²) in [6.45, 7) is -0.138. The van der Waals surface area contributed by atoms with Gasteiger partial charge in [0.25, 0.3) is 0 Å². The number of carbonyl (C=O) groups is 4. The van der Waals surface area contributed by atoms with Crippen LogP contribution in [-0.2, 0) is 19.2 Å². The van der Waals surface area contributed by atoms with Crippen LogP contribution < -0.4 is 21.7 Å². The number of rotatable bonds is 10. The quantitative estimate of drug-likeness (QED) is 0.271. The summed E-state index contributed by atoms with van der Waals surface area (Å²) >= 11 is 0. The highest BCUT2D eigenvalue weighted by molar-refractivity contribution is 5.88. The van der Waals surface area contributed by atoms with Crippen LogP contribution in [0.2, 0.25) is 0 Å². The average Bonchev–Trinajstić information content (AvgIpc) is 2.33. The van der Waals surface area contributed by atoms with Crippen LogP contribution in [0.15, 0.2) is 0 Å². The highest BCUT2D eigenvalue weighted by Crippen LogP contribution is 1.85. The molecule has 0 aromatic carbocycles. The molecule has 9 nitrogen and oxygen atoms in total. The molecule has 0 heterocycles. The molecule has 0 aliphatic carbocycles. The molecule has 0 saturated heterocycles. The average molecular weight is 274 g/mol. The Morgan fingerprint density at radius 1 is 0.947 bits per heavy atom. The Balaban J connectivity index is 3.51. The zero-order valence-corrected chi connectivity index (χ0v) is 10.4. The first-order valence-electron chi connectivity index (χ1n) is 5.66. The van der Waals surface area contributed by atoms with E-state index in [1.807, 2.05) is 0 Å². The maximum atomic E-state index is 11.2. The Kier molecular flexibility index (Phi) is 8.71. The van der Waals surface area contributed by atoms with Crippen LogP contribution in [0.5, 0.6) is 0 Å². The standard InChI is InChI=1S/C10H18N4O5/c11-7(15)4-13-9(17)6-14-8(16)5-12-3-1-2-10(18)19/h12H,1-6H2,(H2,11,15)(H,13,17)(H,14,16)(H,18,19). The lowest BCUT2D eigenvalue weighted by Crippen LogP contribution is -2.42. The highest BCUT2D eigenvalue weighted by atomic mass is 16.4. The van der Waals surface area contributed by atoms with Gasteiger partial charge >= 0.3 is 5.97 Å². The summed E-state index contributed by atoms with van der Waals surface area (Å²) in [7, 11) is 0. The number of carbonyl (C=O) groups excluding carboxylic acids is 3. The molecule has 0 spiro atoms. The van der Waals surface area contributed by atoms with Crippen molar-refractivity contribution in [2.24, 2.45) is 5.73 Å².